The number of esters is 1. The molecule has 2 aromatic carbocycles. The fraction of sp³-hybridized carbons (Fsp3) is 0.100. The highest BCUT2D eigenvalue weighted by Crippen LogP contribution is 2.31. The first-order valence-corrected chi connectivity index (χ1v) is 10.6. The van der Waals surface area contributed by atoms with Crippen molar-refractivity contribution in [3.8, 4) is 5.75 Å². The van der Waals surface area contributed by atoms with E-state index in [1.807, 2.05) is 0 Å². The number of sulfonamides is 1. The monoisotopic (exact) mass is 439 g/mol. The van der Waals surface area contributed by atoms with E-state index in [9.17, 15) is 18.0 Å². The number of carbonyl (C=O) groups is 2. The van der Waals surface area contributed by atoms with Gasteiger partial charge in [0.2, 0.25) is 11.9 Å². The van der Waals surface area contributed by atoms with Gasteiger partial charge in [0, 0.05) is 18.1 Å². The molecule has 1 aromatic heterocycles. The number of fused-ring (bicyclic) bond motifs is 1. The summed E-state index contributed by atoms with van der Waals surface area (Å²) in [5.41, 5.74) is 1.06. The van der Waals surface area contributed by atoms with Crippen LogP contribution in [0.15, 0.2) is 71.9 Å². The predicted molar refractivity (Wildman–Crippen MR) is 112 cm³/mol. The number of anilines is 3. The van der Waals surface area contributed by atoms with Crippen LogP contribution in [0.1, 0.15) is 0 Å². The summed E-state index contributed by atoms with van der Waals surface area (Å²) >= 11 is 0. The molecule has 1 amide bonds. The largest absolute Gasteiger partial charge is 0.423 e. The molecule has 0 fully saturated rings. The lowest BCUT2D eigenvalue weighted by Gasteiger charge is -2.29. The van der Waals surface area contributed by atoms with Gasteiger partial charge in [-0.05, 0) is 42.5 Å². The maximum absolute atomic E-state index is 12.5. The smallest absolute Gasteiger partial charge is 0.331 e. The van der Waals surface area contributed by atoms with Crippen molar-refractivity contribution in [3.05, 3.63) is 67.0 Å². The molecule has 1 aliphatic heterocycles. The van der Waals surface area contributed by atoms with Gasteiger partial charge in [0.1, 0.15) is 6.54 Å². The van der Waals surface area contributed by atoms with E-state index >= 15 is 0 Å². The molecule has 2 heterocycles. The van der Waals surface area contributed by atoms with Crippen LogP contribution in [0.4, 0.5) is 17.3 Å². The van der Waals surface area contributed by atoms with Crippen LogP contribution in [0.25, 0.3) is 0 Å². The molecule has 0 radical (unpaired) electrons. The number of benzene rings is 2. The first-order valence-electron chi connectivity index (χ1n) is 9.15. The molecule has 0 saturated carbocycles. The number of hydrogen-bond donors (Lipinski definition) is 2. The van der Waals surface area contributed by atoms with Crippen LogP contribution in [0.3, 0.4) is 0 Å². The Hall–Kier alpha value is -3.99. The minimum Gasteiger partial charge on any atom is -0.423 e. The minimum atomic E-state index is -3.87. The second kappa shape index (κ2) is 8.40. The van der Waals surface area contributed by atoms with E-state index in [1.54, 1.807) is 35.2 Å². The van der Waals surface area contributed by atoms with Gasteiger partial charge in [0.25, 0.3) is 10.0 Å². The number of para-hydroxylation sites is 2. The Morgan fingerprint density at radius 3 is 2.48 bits per heavy atom. The van der Waals surface area contributed by atoms with E-state index in [-0.39, 0.29) is 29.8 Å². The molecule has 10 nitrogen and oxygen atoms in total. The summed E-state index contributed by atoms with van der Waals surface area (Å²) in [6.45, 7) is -0.117. The molecule has 1 aliphatic rings. The highest BCUT2D eigenvalue weighted by molar-refractivity contribution is 7.92. The molecule has 0 atom stereocenters. The summed E-state index contributed by atoms with van der Waals surface area (Å²) in [5, 5.41) is 2.69. The van der Waals surface area contributed by atoms with E-state index in [1.165, 1.54) is 36.7 Å². The van der Waals surface area contributed by atoms with Crippen LogP contribution in [0, 0.1) is 0 Å². The maximum Gasteiger partial charge on any atom is 0.331 e. The fourth-order valence-electron chi connectivity index (χ4n) is 2.96. The molecule has 0 aliphatic carbocycles. The van der Waals surface area contributed by atoms with Crippen LogP contribution in [0.5, 0.6) is 5.75 Å². The van der Waals surface area contributed by atoms with Crippen molar-refractivity contribution >= 4 is 39.2 Å². The summed E-state index contributed by atoms with van der Waals surface area (Å²) in [6.07, 6.45) is 2.84. The van der Waals surface area contributed by atoms with Gasteiger partial charge in [-0.25, -0.2) is 27.9 Å². The van der Waals surface area contributed by atoms with Crippen molar-refractivity contribution in [2.45, 2.75) is 4.90 Å². The Labute approximate surface area is 177 Å². The Bertz CT molecular complexity index is 1220. The normalized spacial score (nSPS) is 13.2. The summed E-state index contributed by atoms with van der Waals surface area (Å²) < 4.78 is 32.3. The average molecular weight is 439 g/mol. The number of amides is 1. The number of nitrogens with zero attached hydrogens (tertiary/aromatic N) is 3. The SMILES string of the molecule is O=C(CN1CC(=O)Oc2ccccc21)Nc1ccc(S(=O)(=O)Nc2ncccn2)cc1. The molecule has 0 spiro atoms. The molecular formula is C20H17N5O5S. The van der Waals surface area contributed by atoms with Gasteiger partial charge in [-0.1, -0.05) is 12.1 Å². The quantitative estimate of drug-likeness (QED) is 0.438. The van der Waals surface area contributed by atoms with Crippen molar-refractivity contribution in [1.82, 2.24) is 9.97 Å². The molecule has 0 saturated heterocycles. The molecule has 0 unspecified atom stereocenters. The molecule has 2 N–H and O–H groups in total. The van der Waals surface area contributed by atoms with Crippen LogP contribution in [-0.4, -0.2) is 43.4 Å². The molecule has 11 heteroatoms. The predicted octanol–water partition coefficient (Wildman–Crippen LogP) is 1.64. The maximum atomic E-state index is 12.5. The van der Waals surface area contributed by atoms with Crippen molar-refractivity contribution in [1.29, 1.82) is 0 Å². The highest BCUT2D eigenvalue weighted by Gasteiger charge is 2.25. The van der Waals surface area contributed by atoms with Gasteiger partial charge in [-0.3, -0.25) is 4.79 Å². The van der Waals surface area contributed by atoms with Crippen LogP contribution in [-0.2, 0) is 19.6 Å². The lowest BCUT2D eigenvalue weighted by molar-refractivity contribution is -0.133. The van der Waals surface area contributed by atoms with Crippen molar-refractivity contribution in [3.63, 3.8) is 0 Å². The van der Waals surface area contributed by atoms with E-state index in [0.717, 1.165) is 0 Å². The summed E-state index contributed by atoms with van der Waals surface area (Å²) in [6, 6.07) is 14.2. The lowest BCUT2D eigenvalue weighted by atomic mass is 10.2. The minimum absolute atomic E-state index is 0.00865. The van der Waals surface area contributed by atoms with Crippen molar-refractivity contribution < 1.29 is 22.7 Å². The van der Waals surface area contributed by atoms with E-state index in [2.05, 4.69) is 20.0 Å². The molecule has 158 valence electrons. The van der Waals surface area contributed by atoms with Crippen molar-refractivity contribution in [2.75, 3.05) is 28.0 Å². The second-order valence-corrected chi connectivity index (χ2v) is 8.23. The van der Waals surface area contributed by atoms with Crippen molar-refractivity contribution in [2.24, 2.45) is 0 Å². The first kappa shape index (κ1) is 20.3. The standard InChI is InChI=1S/C20H17N5O5S/c26-18(12-25-13-19(27)30-17-5-2-1-4-16(17)25)23-14-6-8-15(9-7-14)31(28,29)24-20-21-10-3-11-22-20/h1-11H,12-13H2,(H,23,26)(H,21,22,24). The number of rotatable bonds is 6. The van der Waals surface area contributed by atoms with E-state index in [0.29, 0.717) is 17.1 Å². The van der Waals surface area contributed by atoms with Gasteiger partial charge in [0.05, 0.1) is 17.1 Å². The number of ether oxygens (including phenoxy) is 1. The molecule has 4 rings (SSSR count). The molecular weight excluding hydrogens is 422 g/mol. The zero-order valence-electron chi connectivity index (χ0n) is 16.1. The zero-order chi connectivity index (χ0) is 21.8. The van der Waals surface area contributed by atoms with Gasteiger partial charge in [-0.2, -0.15) is 0 Å². The third-order valence-electron chi connectivity index (χ3n) is 4.32. The molecule has 3 aromatic rings. The van der Waals surface area contributed by atoms with E-state index in [4.69, 9.17) is 4.74 Å². The van der Waals surface area contributed by atoms with Gasteiger partial charge >= 0.3 is 5.97 Å². The highest BCUT2D eigenvalue weighted by atomic mass is 32.2. The fourth-order valence-corrected chi connectivity index (χ4v) is 3.92. The van der Waals surface area contributed by atoms with Gasteiger partial charge in [0.15, 0.2) is 5.75 Å². The first-order chi connectivity index (χ1) is 14.9. The number of aromatic nitrogens is 2. The second-order valence-electron chi connectivity index (χ2n) is 6.55. The molecule has 31 heavy (non-hydrogen) atoms. The lowest BCUT2D eigenvalue weighted by Crippen LogP contribution is -2.41. The Morgan fingerprint density at radius 2 is 1.74 bits per heavy atom. The third kappa shape index (κ3) is 4.78. The van der Waals surface area contributed by atoms with Crippen LogP contribution < -0.4 is 19.7 Å². The summed E-state index contributed by atoms with van der Waals surface area (Å²) in [4.78, 5) is 33.5. The average Bonchev–Trinajstić information content (AvgIpc) is 2.74. The summed E-state index contributed by atoms with van der Waals surface area (Å²) in [7, 11) is -3.87. The Kier molecular flexibility index (Phi) is 5.50. The molecule has 0 bridgehead atoms. The van der Waals surface area contributed by atoms with Crippen LogP contribution in [0.2, 0.25) is 0 Å². The van der Waals surface area contributed by atoms with Gasteiger partial charge in [-0.15, -0.1) is 0 Å². The number of carbonyl (C=O) groups excluding carboxylic acids is 2. The number of nitrogens with one attached hydrogen (secondary N) is 2. The van der Waals surface area contributed by atoms with E-state index < -0.39 is 16.0 Å². The van der Waals surface area contributed by atoms with Crippen LogP contribution >= 0.6 is 0 Å². The zero-order valence-corrected chi connectivity index (χ0v) is 16.9. The number of hydrogen-bond acceptors (Lipinski definition) is 8. The Balaban J connectivity index is 1.41. The third-order valence-corrected chi connectivity index (χ3v) is 5.67. The Morgan fingerprint density at radius 1 is 1.03 bits per heavy atom. The summed E-state index contributed by atoms with van der Waals surface area (Å²) in [5.74, 6) is -0.455. The topological polar surface area (TPSA) is 131 Å². The van der Waals surface area contributed by atoms with Gasteiger partial charge < -0.3 is 15.0 Å².